The first-order valence-electron chi connectivity index (χ1n) is 16.3. The molecule has 2 bridgehead atoms. The highest BCUT2D eigenvalue weighted by molar-refractivity contribution is 7.24. The van der Waals surface area contributed by atoms with E-state index < -0.39 is 11.8 Å². The minimum Gasteiger partial charge on any atom is -0.290 e. The average Bonchev–Trinajstić information content (AvgIpc) is 3.90. The van der Waals surface area contributed by atoms with Crippen molar-refractivity contribution in [3.05, 3.63) is 117 Å². The molecule has 0 saturated carbocycles. The summed E-state index contributed by atoms with van der Waals surface area (Å²) in [4.78, 5) is 37.4. The molecule has 2 unspecified atom stereocenters. The van der Waals surface area contributed by atoms with Crippen LogP contribution in [-0.2, 0) is 22.4 Å². The van der Waals surface area contributed by atoms with Crippen molar-refractivity contribution >= 4 is 56.9 Å². The Balaban J connectivity index is 1.09. The van der Waals surface area contributed by atoms with Gasteiger partial charge in [-0.2, -0.15) is 0 Å². The van der Waals surface area contributed by atoms with Gasteiger partial charge in [0.25, 0.3) is 0 Å². The van der Waals surface area contributed by atoms with E-state index in [1.165, 1.54) is 64.7 Å². The lowest BCUT2D eigenvalue weighted by Crippen LogP contribution is -2.40. The van der Waals surface area contributed by atoms with Crippen LogP contribution in [0.4, 0.5) is 0 Å². The quantitative estimate of drug-likeness (QED) is 0.136. The van der Waals surface area contributed by atoms with E-state index in [0.29, 0.717) is 0 Å². The molecule has 2 nitrogen and oxygen atoms in total. The van der Waals surface area contributed by atoms with Crippen LogP contribution < -0.4 is 0 Å². The molecule has 230 valence electrons. The van der Waals surface area contributed by atoms with Crippen molar-refractivity contribution in [1.29, 1.82) is 0 Å². The fraction of sp³-hybridized carbons (Fsp3) is 0.250. The predicted octanol–water partition coefficient (Wildman–Crippen LogP) is 12.0. The fourth-order valence-corrected chi connectivity index (χ4v) is 11.2. The van der Waals surface area contributed by atoms with Crippen molar-refractivity contribution in [3.8, 4) is 40.4 Å². The van der Waals surface area contributed by atoms with Crippen molar-refractivity contribution in [1.82, 2.24) is 0 Å². The molecule has 0 amide bonds. The SMILES string of the molecule is CCCCc1ccc(-c2ccc(-c3ccc4c(c3)C3C(=O)C(=O)C4c4cc(-c5ccc(-c6ccc(CCCC)s6)s5)ccc43)s2)s1. The van der Waals surface area contributed by atoms with Gasteiger partial charge in [-0.15, -0.1) is 45.3 Å². The van der Waals surface area contributed by atoms with Crippen LogP contribution in [0.3, 0.4) is 0 Å². The number of aryl methyl sites for hydroxylation is 2. The van der Waals surface area contributed by atoms with E-state index in [9.17, 15) is 9.59 Å². The van der Waals surface area contributed by atoms with E-state index in [-0.39, 0.29) is 11.6 Å². The number of Topliss-reactive ketones (excluding diaryl/α,β-unsaturated/α-hetero) is 2. The normalized spacial score (nSPS) is 16.7. The Hall–Kier alpha value is -3.42. The summed E-state index contributed by atoms with van der Waals surface area (Å²) in [6.45, 7) is 4.47. The fourth-order valence-electron chi connectivity index (χ4n) is 6.91. The molecule has 0 radical (unpaired) electrons. The zero-order valence-corrected chi connectivity index (χ0v) is 29.2. The highest BCUT2D eigenvalue weighted by Gasteiger charge is 2.49. The van der Waals surface area contributed by atoms with Gasteiger partial charge in [0.2, 0.25) is 11.6 Å². The highest BCUT2D eigenvalue weighted by Crippen LogP contribution is 2.52. The lowest BCUT2D eigenvalue weighted by atomic mass is 9.62. The van der Waals surface area contributed by atoms with E-state index >= 15 is 0 Å². The van der Waals surface area contributed by atoms with Crippen LogP contribution in [0.5, 0.6) is 0 Å². The topological polar surface area (TPSA) is 34.1 Å². The molecule has 2 aromatic carbocycles. The average molecular weight is 675 g/mol. The van der Waals surface area contributed by atoms with E-state index in [0.717, 1.165) is 46.2 Å². The first-order chi connectivity index (χ1) is 22.5. The van der Waals surface area contributed by atoms with Crippen LogP contribution in [0.25, 0.3) is 40.4 Å². The maximum absolute atomic E-state index is 13.5. The van der Waals surface area contributed by atoms with Crippen molar-refractivity contribution in [2.75, 3.05) is 0 Å². The molecule has 4 aromatic heterocycles. The van der Waals surface area contributed by atoms with Crippen LogP contribution in [0.1, 0.15) is 83.4 Å². The third-order valence-electron chi connectivity index (χ3n) is 9.33. The maximum atomic E-state index is 13.5. The Bertz CT molecular complexity index is 1950. The number of carbonyl (C=O) groups is 2. The Morgan fingerprint density at radius 2 is 0.848 bits per heavy atom. The summed E-state index contributed by atoms with van der Waals surface area (Å²) in [6, 6.07) is 30.7. The zero-order chi connectivity index (χ0) is 31.4. The molecule has 3 aliphatic rings. The Morgan fingerprint density at radius 1 is 0.457 bits per heavy atom. The number of rotatable bonds is 10. The number of carbonyl (C=O) groups excluding carboxylic acids is 2. The van der Waals surface area contributed by atoms with Crippen LogP contribution in [0, 0.1) is 0 Å². The van der Waals surface area contributed by atoms with E-state index in [2.05, 4.69) is 98.8 Å². The molecule has 3 aliphatic carbocycles. The maximum Gasteiger partial charge on any atom is 0.211 e. The van der Waals surface area contributed by atoms with Crippen LogP contribution in [-0.4, -0.2) is 11.6 Å². The molecule has 0 aliphatic heterocycles. The molecule has 0 fully saturated rings. The van der Waals surface area contributed by atoms with Gasteiger partial charge in [-0.3, -0.25) is 9.59 Å². The summed E-state index contributed by atoms with van der Waals surface area (Å²) < 4.78 is 0. The molecule has 2 atom stereocenters. The molecule has 46 heavy (non-hydrogen) atoms. The highest BCUT2D eigenvalue weighted by atomic mass is 32.1. The van der Waals surface area contributed by atoms with E-state index in [4.69, 9.17) is 0 Å². The summed E-state index contributed by atoms with van der Waals surface area (Å²) in [5.74, 6) is -1.59. The van der Waals surface area contributed by atoms with Gasteiger partial charge in [-0.05, 0) is 120 Å². The van der Waals surface area contributed by atoms with Gasteiger partial charge in [0, 0.05) is 39.0 Å². The van der Waals surface area contributed by atoms with E-state index in [1.807, 2.05) is 22.7 Å². The second-order valence-corrected chi connectivity index (χ2v) is 16.9. The minimum absolute atomic E-state index is 0.269. The van der Waals surface area contributed by atoms with Gasteiger partial charge >= 0.3 is 0 Å². The number of benzene rings is 2. The molecule has 9 rings (SSSR count). The Morgan fingerprint density at radius 3 is 1.28 bits per heavy atom. The number of ketones is 2. The van der Waals surface area contributed by atoms with Crippen LogP contribution in [0.15, 0.2) is 84.9 Å². The summed E-state index contributed by atoms with van der Waals surface area (Å²) in [7, 11) is 0. The lowest BCUT2D eigenvalue weighted by molar-refractivity contribution is -0.138. The summed E-state index contributed by atoms with van der Waals surface area (Å²) >= 11 is 7.38. The molecule has 0 saturated heterocycles. The number of fused-ring (bicyclic) bond motifs is 1. The predicted molar refractivity (Wildman–Crippen MR) is 197 cm³/mol. The zero-order valence-electron chi connectivity index (χ0n) is 25.9. The molecular weight excluding hydrogens is 641 g/mol. The number of thiophene rings is 4. The van der Waals surface area contributed by atoms with Gasteiger partial charge in [0.05, 0.1) is 11.8 Å². The summed E-state index contributed by atoms with van der Waals surface area (Å²) in [6.07, 6.45) is 7.16. The van der Waals surface area contributed by atoms with Gasteiger partial charge in [-0.25, -0.2) is 0 Å². The second kappa shape index (κ2) is 12.3. The van der Waals surface area contributed by atoms with E-state index in [1.54, 1.807) is 22.7 Å². The van der Waals surface area contributed by atoms with Gasteiger partial charge < -0.3 is 0 Å². The third-order valence-corrected chi connectivity index (χ3v) is 14.3. The van der Waals surface area contributed by atoms with Crippen molar-refractivity contribution in [2.45, 2.75) is 64.2 Å². The third kappa shape index (κ3) is 5.20. The Kier molecular flexibility index (Phi) is 8.01. The van der Waals surface area contributed by atoms with Crippen molar-refractivity contribution < 1.29 is 9.59 Å². The number of unbranched alkanes of at least 4 members (excludes halogenated alkanes) is 2. The smallest absolute Gasteiger partial charge is 0.211 e. The van der Waals surface area contributed by atoms with Crippen molar-refractivity contribution in [2.24, 2.45) is 0 Å². The minimum atomic E-state index is -0.527. The molecule has 4 heterocycles. The lowest BCUT2D eigenvalue weighted by Gasteiger charge is -2.38. The van der Waals surface area contributed by atoms with Crippen LogP contribution in [0.2, 0.25) is 0 Å². The first kappa shape index (κ1) is 29.9. The standard InChI is InChI=1S/C40H34O2S4/c1-3-5-7-25-11-15-33(43-25)35-19-17-31(45-35)23-9-13-27-29(21-23)37-28-14-10-24(22-30(28)38(27)40(42)39(37)41)32-18-20-36(46-32)34-16-12-26(44-34)8-6-4-2/h9-22,37-38H,3-8H2,1-2H3. The molecular formula is C40H34O2S4. The molecule has 6 aromatic rings. The van der Waals surface area contributed by atoms with Crippen LogP contribution >= 0.6 is 45.3 Å². The monoisotopic (exact) mass is 674 g/mol. The largest absolute Gasteiger partial charge is 0.290 e. The molecule has 6 heteroatoms. The summed E-state index contributed by atoms with van der Waals surface area (Å²) in [5, 5.41) is 0. The van der Waals surface area contributed by atoms with Gasteiger partial charge in [0.15, 0.2) is 0 Å². The number of hydrogen-bond acceptors (Lipinski definition) is 6. The van der Waals surface area contributed by atoms with Gasteiger partial charge in [-0.1, -0.05) is 51.0 Å². The molecule has 0 N–H and O–H groups in total. The van der Waals surface area contributed by atoms with Crippen molar-refractivity contribution in [3.63, 3.8) is 0 Å². The second-order valence-electron chi connectivity index (χ2n) is 12.3. The molecule has 0 spiro atoms. The first-order valence-corrected chi connectivity index (χ1v) is 19.5. The number of hydrogen-bond donors (Lipinski definition) is 0. The van der Waals surface area contributed by atoms with Gasteiger partial charge in [0.1, 0.15) is 0 Å². The summed E-state index contributed by atoms with van der Waals surface area (Å²) in [5.41, 5.74) is 6.19. The Labute approximate surface area is 286 Å².